The van der Waals surface area contributed by atoms with Gasteiger partial charge >= 0.3 is 0 Å². The van der Waals surface area contributed by atoms with E-state index >= 15 is 0 Å². The topological polar surface area (TPSA) is 72.7 Å². The van der Waals surface area contributed by atoms with Gasteiger partial charge in [-0.15, -0.1) is 11.3 Å². The van der Waals surface area contributed by atoms with E-state index in [-0.39, 0.29) is 11.9 Å². The Morgan fingerprint density at radius 3 is 2.65 bits per heavy atom. The highest BCUT2D eigenvalue weighted by atomic mass is 32.1. The van der Waals surface area contributed by atoms with Gasteiger partial charge in [0.2, 0.25) is 0 Å². The summed E-state index contributed by atoms with van der Waals surface area (Å²) in [4.78, 5) is 21.2. The molecule has 0 radical (unpaired) electrons. The molecule has 0 unspecified atom stereocenters. The minimum absolute atomic E-state index is 0.196. The maximum atomic E-state index is 12.5. The molecule has 26 heavy (non-hydrogen) atoms. The molecule has 0 fully saturated rings. The molecule has 1 amide bonds. The second kappa shape index (κ2) is 6.68. The van der Waals surface area contributed by atoms with Crippen LogP contribution in [0.3, 0.4) is 0 Å². The first-order valence-electron chi connectivity index (χ1n) is 8.26. The summed E-state index contributed by atoms with van der Waals surface area (Å²) in [5.74, 6) is -0.196. The molecule has 4 rings (SSSR count). The number of carbonyl (C=O) groups is 1. The molecule has 1 aromatic carbocycles. The third-order valence-corrected chi connectivity index (χ3v) is 4.83. The van der Waals surface area contributed by atoms with E-state index in [1.165, 1.54) is 0 Å². The van der Waals surface area contributed by atoms with Gasteiger partial charge in [-0.25, -0.2) is 14.6 Å². The number of amides is 1. The summed E-state index contributed by atoms with van der Waals surface area (Å²) in [6.45, 7) is 4.09. The van der Waals surface area contributed by atoms with E-state index in [1.54, 1.807) is 29.9 Å². The van der Waals surface area contributed by atoms with Gasteiger partial charge in [-0.3, -0.25) is 4.79 Å². The van der Waals surface area contributed by atoms with E-state index in [2.05, 4.69) is 20.4 Å². The Hall–Kier alpha value is -3.06. The number of benzene rings is 1. The van der Waals surface area contributed by atoms with E-state index in [4.69, 9.17) is 0 Å². The number of nitrogens with zero attached hydrogens (tertiary/aromatic N) is 4. The van der Waals surface area contributed by atoms with Crippen LogP contribution in [0.1, 0.15) is 30.2 Å². The van der Waals surface area contributed by atoms with Crippen molar-refractivity contribution in [3.8, 4) is 10.6 Å². The number of rotatable bonds is 4. The summed E-state index contributed by atoms with van der Waals surface area (Å²) in [5.41, 5.74) is 3.05. The molecule has 3 heterocycles. The molecule has 0 atom stereocenters. The zero-order valence-electron chi connectivity index (χ0n) is 14.4. The van der Waals surface area contributed by atoms with E-state index < -0.39 is 0 Å². The molecule has 7 heteroatoms. The lowest BCUT2D eigenvalue weighted by atomic mass is 10.2. The molecular weight excluding hydrogens is 346 g/mol. The third-order valence-electron chi connectivity index (χ3n) is 4.01. The molecular formula is C19H17N5OS. The fourth-order valence-corrected chi connectivity index (χ4v) is 3.35. The molecule has 0 aliphatic carbocycles. The number of nitrogens with one attached hydrogen (secondary N) is 1. The Morgan fingerprint density at radius 2 is 1.96 bits per heavy atom. The van der Waals surface area contributed by atoms with Gasteiger partial charge in [0.05, 0.1) is 11.8 Å². The van der Waals surface area contributed by atoms with Gasteiger partial charge in [0.15, 0.2) is 5.65 Å². The molecule has 0 aliphatic rings. The Morgan fingerprint density at radius 1 is 1.15 bits per heavy atom. The highest BCUT2D eigenvalue weighted by molar-refractivity contribution is 7.13. The number of carbonyl (C=O) groups excluding carboxylic acids is 1. The van der Waals surface area contributed by atoms with Crippen molar-refractivity contribution in [2.75, 3.05) is 5.32 Å². The molecule has 0 spiro atoms. The number of anilines is 1. The standard InChI is InChI=1S/C19H17N5OS/c1-12(2)24-17-14(11-22-24)9-15(10-21-17)18(25)23-16-5-3-13(4-6-16)19-20-7-8-26-19/h3-12H,1-2H3,(H,23,25). The molecule has 3 aromatic heterocycles. The molecule has 4 aromatic rings. The van der Waals surface area contributed by atoms with Crippen molar-refractivity contribution >= 4 is 34.0 Å². The van der Waals surface area contributed by atoms with E-state index in [0.29, 0.717) is 5.56 Å². The monoisotopic (exact) mass is 363 g/mol. The average molecular weight is 363 g/mol. The normalized spacial score (nSPS) is 11.2. The summed E-state index contributed by atoms with van der Waals surface area (Å²) < 4.78 is 1.84. The highest BCUT2D eigenvalue weighted by Crippen LogP contribution is 2.23. The smallest absolute Gasteiger partial charge is 0.257 e. The number of hydrogen-bond donors (Lipinski definition) is 1. The SMILES string of the molecule is CC(C)n1ncc2cc(C(=O)Nc3ccc(-c4nccs4)cc3)cnc21. The van der Waals surface area contributed by atoms with Crippen LogP contribution in [0.4, 0.5) is 5.69 Å². The predicted molar refractivity (Wildman–Crippen MR) is 103 cm³/mol. The van der Waals surface area contributed by atoms with Gasteiger partial charge in [0.1, 0.15) is 5.01 Å². The van der Waals surface area contributed by atoms with Crippen LogP contribution in [0.25, 0.3) is 21.6 Å². The average Bonchev–Trinajstić information content (AvgIpc) is 3.31. The predicted octanol–water partition coefficient (Wildman–Crippen LogP) is 4.39. The van der Waals surface area contributed by atoms with E-state index in [9.17, 15) is 4.79 Å². The Bertz CT molecular complexity index is 1050. The van der Waals surface area contributed by atoms with Crippen LogP contribution in [0.2, 0.25) is 0 Å². The minimum atomic E-state index is -0.196. The lowest BCUT2D eigenvalue weighted by Crippen LogP contribution is -2.12. The fraction of sp³-hybridized carbons (Fsp3) is 0.158. The molecule has 0 saturated heterocycles. The largest absolute Gasteiger partial charge is 0.322 e. The first kappa shape index (κ1) is 16.4. The van der Waals surface area contributed by atoms with Crippen LogP contribution in [-0.4, -0.2) is 25.7 Å². The minimum Gasteiger partial charge on any atom is -0.322 e. The van der Waals surface area contributed by atoms with Crippen LogP contribution < -0.4 is 5.32 Å². The molecule has 1 N–H and O–H groups in total. The third kappa shape index (κ3) is 3.09. The van der Waals surface area contributed by atoms with Crippen molar-refractivity contribution in [2.24, 2.45) is 0 Å². The summed E-state index contributed by atoms with van der Waals surface area (Å²) in [6.07, 6.45) is 5.10. The summed E-state index contributed by atoms with van der Waals surface area (Å²) in [5, 5.41) is 11.0. The van der Waals surface area contributed by atoms with E-state index in [0.717, 1.165) is 27.3 Å². The first-order valence-corrected chi connectivity index (χ1v) is 9.14. The Labute approximate surface area is 154 Å². The van der Waals surface area contributed by atoms with Crippen LogP contribution in [0, 0.1) is 0 Å². The zero-order valence-corrected chi connectivity index (χ0v) is 15.2. The van der Waals surface area contributed by atoms with Crippen molar-refractivity contribution in [1.29, 1.82) is 0 Å². The number of pyridine rings is 1. The summed E-state index contributed by atoms with van der Waals surface area (Å²) in [6, 6.07) is 9.67. The van der Waals surface area contributed by atoms with Crippen LogP contribution >= 0.6 is 11.3 Å². The van der Waals surface area contributed by atoms with Gasteiger partial charge in [0.25, 0.3) is 5.91 Å². The maximum absolute atomic E-state index is 12.5. The van der Waals surface area contributed by atoms with E-state index in [1.807, 2.05) is 54.2 Å². The van der Waals surface area contributed by atoms with Crippen molar-refractivity contribution in [3.05, 3.63) is 59.9 Å². The fourth-order valence-electron chi connectivity index (χ4n) is 2.71. The first-order chi connectivity index (χ1) is 12.6. The summed E-state index contributed by atoms with van der Waals surface area (Å²) >= 11 is 1.58. The Kier molecular flexibility index (Phi) is 4.22. The van der Waals surface area contributed by atoms with Gasteiger partial charge in [-0.2, -0.15) is 5.10 Å². The molecule has 130 valence electrons. The molecule has 0 bridgehead atoms. The van der Waals surface area contributed by atoms with Gasteiger partial charge in [-0.1, -0.05) is 0 Å². The summed E-state index contributed by atoms with van der Waals surface area (Å²) in [7, 11) is 0. The van der Waals surface area contributed by atoms with Crippen LogP contribution in [-0.2, 0) is 0 Å². The molecule has 6 nitrogen and oxygen atoms in total. The maximum Gasteiger partial charge on any atom is 0.257 e. The lowest BCUT2D eigenvalue weighted by molar-refractivity contribution is 0.102. The lowest BCUT2D eigenvalue weighted by Gasteiger charge is -2.08. The quantitative estimate of drug-likeness (QED) is 0.584. The molecule has 0 aliphatic heterocycles. The number of aromatic nitrogens is 4. The second-order valence-electron chi connectivity index (χ2n) is 6.19. The zero-order chi connectivity index (χ0) is 18.1. The molecule has 0 saturated carbocycles. The van der Waals surface area contributed by atoms with Crippen molar-refractivity contribution < 1.29 is 4.79 Å². The van der Waals surface area contributed by atoms with Crippen molar-refractivity contribution in [3.63, 3.8) is 0 Å². The number of hydrogen-bond acceptors (Lipinski definition) is 5. The number of thiazole rings is 1. The second-order valence-corrected chi connectivity index (χ2v) is 7.08. The number of fused-ring (bicyclic) bond motifs is 1. The Balaban J connectivity index is 1.53. The highest BCUT2D eigenvalue weighted by Gasteiger charge is 2.12. The van der Waals surface area contributed by atoms with Crippen molar-refractivity contribution in [1.82, 2.24) is 19.7 Å². The van der Waals surface area contributed by atoms with Crippen LogP contribution in [0.5, 0.6) is 0 Å². The van der Waals surface area contributed by atoms with Crippen LogP contribution in [0.15, 0.2) is 54.3 Å². The van der Waals surface area contributed by atoms with Gasteiger partial charge in [-0.05, 0) is 44.2 Å². The van der Waals surface area contributed by atoms with Gasteiger partial charge < -0.3 is 5.32 Å². The van der Waals surface area contributed by atoms with Gasteiger partial charge in [0, 0.05) is 40.5 Å². The van der Waals surface area contributed by atoms with Crippen molar-refractivity contribution in [2.45, 2.75) is 19.9 Å².